The third-order valence-electron chi connectivity index (χ3n) is 2.59. The maximum absolute atomic E-state index is 13.5. The summed E-state index contributed by atoms with van der Waals surface area (Å²) < 4.78 is 13.5. The first kappa shape index (κ1) is 12.1. The van der Waals surface area contributed by atoms with Crippen molar-refractivity contribution in [2.75, 3.05) is 5.32 Å². The highest BCUT2D eigenvalue weighted by molar-refractivity contribution is 6.04. The van der Waals surface area contributed by atoms with Crippen molar-refractivity contribution in [2.24, 2.45) is 0 Å². The van der Waals surface area contributed by atoms with E-state index < -0.39 is 11.7 Å². The quantitative estimate of drug-likeness (QED) is 0.854. The van der Waals surface area contributed by atoms with Gasteiger partial charge in [-0.05, 0) is 30.7 Å². The SMILES string of the molecule is Cc1ccccc1NC(=O)c1ccc(O)cc1F. The lowest BCUT2D eigenvalue weighted by Crippen LogP contribution is -2.14. The molecule has 0 spiro atoms. The van der Waals surface area contributed by atoms with E-state index in [1.54, 1.807) is 12.1 Å². The number of benzene rings is 2. The lowest BCUT2D eigenvalue weighted by Gasteiger charge is -2.08. The monoisotopic (exact) mass is 245 g/mol. The zero-order valence-electron chi connectivity index (χ0n) is 9.77. The number of phenolic OH excluding ortho intramolecular Hbond substituents is 1. The Bertz CT molecular complexity index is 596. The van der Waals surface area contributed by atoms with Gasteiger partial charge in [0.25, 0.3) is 5.91 Å². The number of aromatic hydroxyl groups is 1. The summed E-state index contributed by atoms with van der Waals surface area (Å²) in [5.74, 6) is -1.50. The van der Waals surface area contributed by atoms with Gasteiger partial charge < -0.3 is 10.4 Å². The number of halogens is 1. The van der Waals surface area contributed by atoms with Gasteiger partial charge >= 0.3 is 0 Å². The third kappa shape index (κ3) is 2.48. The largest absolute Gasteiger partial charge is 0.508 e. The number of phenols is 1. The number of carbonyl (C=O) groups is 1. The second-order valence-corrected chi connectivity index (χ2v) is 3.93. The van der Waals surface area contributed by atoms with E-state index in [4.69, 9.17) is 5.11 Å². The molecule has 3 nitrogen and oxygen atoms in total. The third-order valence-corrected chi connectivity index (χ3v) is 2.59. The highest BCUT2D eigenvalue weighted by atomic mass is 19.1. The summed E-state index contributed by atoms with van der Waals surface area (Å²) >= 11 is 0. The Balaban J connectivity index is 2.25. The van der Waals surface area contributed by atoms with Gasteiger partial charge in [-0.1, -0.05) is 18.2 Å². The van der Waals surface area contributed by atoms with Gasteiger partial charge in [-0.25, -0.2) is 4.39 Å². The van der Waals surface area contributed by atoms with Gasteiger partial charge in [0, 0.05) is 11.8 Å². The van der Waals surface area contributed by atoms with Crippen LogP contribution in [0.5, 0.6) is 5.75 Å². The number of para-hydroxylation sites is 1. The van der Waals surface area contributed by atoms with Crippen LogP contribution in [-0.4, -0.2) is 11.0 Å². The lowest BCUT2D eigenvalue weighted by atomic mass is 10.1. The molecule has 0 aliphatic heterocycles. The molecule has 0 aliphatic carbocycles. The van der Waals surface area contributed by atoms with Crippen LogP contribution < -0.4 is 5.32 Å². The number of carbonyl (C=O) groups excluding carboxylic acids is 1. The molecule has 92 valence electrons. The van der Waals surface area contributed by atoms with Crippen LogP contribution in [0, 0.1) is 12.7 Å². The number of hydrogen-bond acceptors (Lipinski definition) is 2. The highest BCUT2D eigenvalue weighted by Crippen LogP contribution is 2.18. The predicted octanol–water partition coefficient (Wildman–Crippen LogP) is 3.09. The molecule has 2 N–H and O–H groups in total. The number of amides is 1. The van der Waals surface area contributed by atoms with Gasteiger partial charge in [-0.15, -0.1) is 0 Å². The fraction of sp³-hybridized carbons (Fsp3) is 0.0714. The Morgan fingerprint density at radius 1 is 1.22 bits per heavy atom. The Morgan fingerprint density at radius 2 is 1.94 bits per heavy atom. The van der Waals surface area contributed by atoms with Crippen molar-refractivity contribution in [1.82, 2.24) is 0 Å². The molecule has 2 aromatic rings. The fourth-order valence-corrected chi connectivity index (χ4v) is 1.59. The van der Waals surface area contributed by atoms with Crippen molar-refractivity contribution in [3.63, 3.8) is 0 Å². The smallest absolute Gasteiger partial charge is 0.258 e. The molecule has 18 heavy (non-hydrogen) atoms. The summed E-state index contributed by atoms with van der Waals surface area (Å²) in [6.07, 6.45) is 0. The second kappa shape index (κ2) is 4.87. The molecule has 0 heterocycles. The molecular formula is C14H12FNO2. The van der Waals surface area contributed by atoms with E-state index in [1.807, 2.05) is 19.1 Å². The van der Waals surface area contributed by atoms with Gasteiger partial charge in [0.05, 0.1) is 5.56 Å². The van der Waals surface area contributed by atoms with Gasteiger partial charge in [0.15, 0.2) is 0 Å². The van der Waals surface area contributed by atoms with Crippen molar-refractivity contribution >= 4 is 11.6 Å². The molecule has 2 aromatic carbocycles. The van der Waals surface area contributed by atoms with E-state index in [0.29, 0.717) is 5.69 Å². The maximum Gasteiger partial charge on any atom is 0.258 e. The van der Waals surface area contributed by atoms with Crippen LogP contribution in [0.2, 0.25) is 0 Å². The van der Waals surface area contributed by atoms with Gasteiger partial charge in [0.1, 0.15) is 11.6 Å². The standard InChI is InChI=1S/C14H12FNO2/c1-9-4-2-3-5-13(9)16-14(18)11-7-6-10(17)8-12(11)15/h2-8,17H,1H3,(H,16,18). The van der Waals surface area contributed by atoms with Gasteiger partial charge in [-0.2, -0.15) is 0 Å². The molecule has 0 saturated carbocycles. The molecule has 1 amide bonds. The first-order valence-corrected chi connectivity index (χ1v) is 5.43. The lowest BCUT2D eigenvalue weighted by molar-refractivity contribution is 0.102. The highest BCUT2D eigenvalue weighted by Gasteiger charge is 2.12. The number of rotatable bonds is 2. The zero-order chi connectivity index (χ0) is 13.1. The van der Waals surface area contributed by atoms with Crippen molar-refractivity contribution < 1.29 is 14.3 Å². The normalized spacial score (nSPS) is 10.1. The zero-order valence-corrected chi connectivity index (χ0v) is 9.77. The van der Waals surface area contributed by atoms with Gasteiger partial charge in [0.2, 0.25) is 0 Å². The first-order chi connectivity index (χ1) is 8.58. The number of hydrogen-bond donors (Lipinski definition) is 2. The summed E-state index contributed by atoms with van der Waals surface area (Å²) in [6.45, 7) is 1.85. The Morgan fingerprint density at radius 3 is 2.61 bits per heavy atom. The summed E-state index contributed by atoms with van der Waals surface area (Å²) in [4.78, 5) is 11.9. The van der Waals surface area contributed by atoms with Crippen LogP contribution in [0.15, 0.2) is 42.5 Å². The minimum absolute atomic E-state index is 0.101. The summed E-state index contributed by atoms with van der Waals surface area (Å²) in [5, 5.41) is 11.7. The average Bonchev–Trinajstić information content (AvgIpc) is 2.32. The number of aryl methyl sites for hydroxylation is 1. The van der Waals surface area contributed by atoms with Crippen LogP contribution in [0.3, 0.4) is 0 Å². The first-order valence-electron chi connectivity index (χ1n) is 5.43. The predicted molar refractivity (Wildman–Crippen MR) is 67.2 cm³/mol. The maximum atomic E-state index is 13.5. The van der Waals surface area contributed by atoms with Crippen molar-refractivity contribution in [2.45, 2.75) is 6.92 Å². The van der Waals surface area contributed by atoms with Crippen molar-refractivity contribution in [3.05, 3.63) is 59.4 Å². The summed E-state index contributed by atoms with van der Waals surface area (Å²) in [6, 6.07) is 10.7. The van der Waals surface area contributed by atoms with E-state index in [1.165, 1.54) is 12.1 Å². The summed E-state index contributed by atoms with van der Waals surface area (Å²) in [7, 11) is 0. The molecule has 2 rings (SSSR count). The molecule has 0 unspecified atom stereocenters. The van der Waals surface area contributed by atoms with Crippen LogP contribution in [0.4, 0.5) is 10.1 Å². The van der Waals surface area contributed by atoms with E-state index >= 15 is 0 Å². The van der Waals surface area contributed by atoms with Crippen molar-refractivity contribution in [3.8, 4) is 5.75 Å². The Hall–Kier alpha value is -2.36. The van der Waals surface area contributed by atoms with E-state index in [0.717, 1.165) is 11.6 Å². The number of nitrogens with one attached hydrogen (secondary N) is 1. The van der Waals surface area contributed by atoms with Crippen LogP contribution in [0.25, 0.3) is 0 Å². The van der Waals surface area contributed by atoms with E-state index in [9.17, 15) is 9.18 Å². The second-order valence-electron chi connectivity index (χ2n) is 3.93. The van der Waals surface area contributed by atoms with E-state index in [2.05, 4.69) is 5.32 Å². The average molecular weight is 245 g/mol. The molecule has 0 aliphatic rings. The Labute approximate surface area is 104 Å². The molecule has 0 atom stereocenters. The fourth-order valence-electron chi connectivity index (χ4n) is 1.59. The molecule has 0 bridgehead atoms. The van der Waals surface area contributed by atoms with Crippen molar-refractivity contribution in [1.29, 1.82) is 0 Å². The molecule has 0 radical (unpaired) electrons. The molecular weight excluding hydrogens is 233 g/mol. The van der Waals surface area contributed by atoms with Crippen LogP contribution >= 0.6 is 0 Å². The molecule has 0 fully saturated rings. The summed E-state index contributed by atoms with van der Waals surface area (Å²) in [5.41, 5.74) is 1.43. The number of anilines is 1. The van der Waals surface area contributed by atoms with Gasteiger partial charge in [-0.3, -0.25) is 4.79 Å². The van der Waals surface area contributed by atoms with Crippen LogP contribution in [-0.2, 0) is 0 Å². The molecule has 0 saturated heterocycles. The van der Waals surface area contributed by atoms with E-state index in [-0.39, 0.29) is 11.3 Å². The van der Waals surface area contributed by atoms with Crippen LogP contribution in [0.1, 0.15) is 15.9 Å². The molecule has 0 aromatic heterocycles. The molecule has 4 heteroatoms. The Kier molecular flexibility index (Phi) is 3.28. The topological polar surface area (TPSA) is 49.3 Å². The minimum Gasteiger partial charge on any atom is -0.508 e. The minimum atomic E-state index is -0.749.